The normalized spacial score (nSPS) is 12.7. The molecule has 2 heterocycles. The van der Waals surface area contributed by atoms with Gasteiger partial charge in [-0.1, -0.05) is 11.2 Å². The Labute approximate surface area is 87.3 Å². The van der Waals surface area contributed by atoms with Crippen LogP contribution in [0.15, 0.2) is 28.9 Å². The lowest BCUT2D eigenvalue weighted by atomic mass is 10.2. The molecule has 1 atom stereocenters. The summed E-state index contributed by atoms with van der Waals surface area (Å²) in [5.74, 6) is 1.07. The number of rotatable bonds is 3. The summed E-state index contributed by atoms with van der Waals surface area (Å²) < 4.78 is 4.98. The van der Waals surface area contributed by atoms with Crippen LogP contribution in [-0.2, 0) is 6.42 Å². The van der Waals surface area contributed by atoms with E-state index >= 15 is 0 Å². The van der Waals surface area contributed by atoms with Gasteiger partial charge in [0.2, 0.25) is 5.89 Å². The molecule has 0 aliphatic heterocycles. The highest BCUT2D eigenvalue weighted by Crippen LogP contribution is 2.08. The van der Waals surface area contributed by atoms with Crippen LogP contribution in [0.4, 0.5) is 0 Å². The van der Waals surface area contributed by atoms with Gasteiger partial charge in [-0.3, -0.25) is 4.98 Å². The van der Waals surface area contributed by atoms with Gasteiger partial charge in [-0.25, -0.2) is 0 Å². The van der Waals surface area contributed by atoms with Crippen LogP contribution in [0, 0.1) is 0 Å². The number of hydrogen-bond donors (Lipinski definition) is 1. The van der Waals surface area contributed by atoms with Crippen molar-refractivity contribution in [1.82, 2.24) is 15.1 Å². The molecule has 0 spiro atoms. The van der Waals surface area contributed by atoms with E-state index < -0.39 is 0 Å². The topological polar surface area (TPSA) is 77.8 Å². The predicted molar refractivity (Wildman–Crippen MR) is 53.9 cm³/mol. The zero-order chi connectivity index (χ0) is 10.7. The summed E-state index contributed by atoms with van der Waals surface area (Å²) in [4.78, 5) is 8.34. The van der Waals surface area contributed by atoms with Crippen LogP contribution in [0.3, 0.4) is 0 Å². The zero-order valence-electron chi connectivity index (χ0n) is 8.42. The molecule has 0 bridgehead atoms. The number of hydrogen-bond acceptors (Lipinski definition) is 5. The maximum Gasteiger partial charge on any atom is 0.243 e. The van der Waals surface area contributed by atoms with E-state index in [0.717, 1.165) is 5.69 Å². The highest BCUT2D eigenvalue weighted by atomic mass is 16.5. The van der Waals surface area contributed by atoms with Crippen molar-refractivity contribution in [2.75, 3.05) is 0 Å². The monoisotopic (exact) mass is 204 g/mol. The Morgan fingerprint density at radius 2 is 2.33 bits per heavy atom. The van der Waals surface area contributed by atoms with E-state index in [2.05, 4.69) is 15.1 Å². The third-order valence-corrected chi connectivity index (χ3v) is 1.94. The molecule has 0 aromatic carbocycles. The van der Waals surface area contributed by atoms with Gasteiger partial charge in [-0.2, -0.15) is 4.98 Å². The fraction of sp³-hybridized carbons (Fsp3) is 0.300. The molecule has 0 radical (unpaired) electrons. The molecule has 0 amide bonds. The van der Waals surface area contributed by atoms with Crippen LogP contribution >= 0.6 is 0 Å². The van der Waals surface area contributed by atoms with Gasteiger partial charge in [0.15, 0.2) is 5.82 Å². The summed E-state index contributed by atoms with van der Waals surface area (Å²) in [6.45, 7) is 1.80. The zero-order valence-corrected chi connectivity index (χ0v) is 8.42. The Morgan fingerprint density at radius 1 is 1.47 bits per heavy atom. The Bertz CT molecular complexity index is 424. The maximum atomic E-state index is 5.61. The van der Waals surface area contributed by atoms with Crippen molar-refractivity contribution in [3.8, 4) is 0 Å². The van der Waals surface area contributed by atoms with Gasteiger partial charge in [-0.15, -0.1) is 0 Å². The fourth-order valence-electron chi connectivity index (χ4n) is 1.19. The molecule has 0 unspecified atom stereocenters. The van der Waals surface area contributed by atoms with Crippen LogP contribution in [0.2, 0.25) is 0 Å². The minimum absolute atomic E-state index is 0.227. The molecule has 0 saturated carbocycles. The molecule has 5 nitrogen and oxygen atoms in total. The third kappa shape index (κ3) is 2.38. The lowest BCUT2D eigenvalue weighted by molar-refractivity contribution is 0.357. The molecule has 0 aliphatic carbocycles. The molecule has 0 saturated heterocycles. The van der Waals surface area contributed by atoms with Crippen molar-refractivity contribution < 1.29 is 4.52 Å². The molecule has 2 rings (SSSR count). The van der Waals surface area contributed by atoms with Gasteiger partial charge in [0.05, 0.1) is 12.5 Å². The van der Waals surface area contributed by atoms with Crippen molar-refractivity contribution in [3.63, 3.8) is 0 Å². The van der Waals surface area contributed by atoms with Gasteiger partial charge in [0.25, 0.3) is 0 Å². The molecule has 2 aromatic heterocycles. The maximum absolute atomic E-state index is 5.61. The van der Waals surface area contributed by atoms with Crippen molar-refractivity contribution in [3.05, 3.63) is 41.8 Å². The van der Waals surface area contributed by atoms with E-state index in [1.165, 1.54) is 0 Å². The second-order valence-electron chi connectivity index (χ2n) is 3.34. The number of aromatic nitrogens is 3. The summed E-state index contributed by atoms with van der Waals surface area (Å²) in [7, 11) is 0. The van der Waals surface area contributed by atoms with Gasteiger partial charge in [0.1, 0.15) is 0 Å². The van der Waals surface area contributed by atoms with E-state index in [-0.39, 0.29) is 6.04 Å². The standard InChI is InChI=1S/C10H12N4O/c1-7(11)10-13-9(14-15-10)6-8-4-2-3-5-12-8/h2-5,7H,6,11H2,1H3/t7-/m1/s1. The van der Waals surface area contributed by atoms with Gasteiger partial charge >= 0.3 is 0 Å². The highest BCUT2D eigenvalue weighted by Gasteiger charge is 2.10. The number of nitrogens with zero attached hydrogens (tertiary/aromatic N) is 3. The van der Waals surface area contributed by atoms with E-state index in [9.17, 15) is 0 Å². The molecule has 15 heavy (non-hydrogen) atoms. The largest absolute Gasteiger partial charge is 0.338 e. The van der Waals surface area contributed by atoms with Crippen molar-refractivity contribution in [2.45, 2.75) is 19.4 Å². The molecular weight excluding hydrogens is 192 g/mol. The average molecular weight is 204 g/mol. The molecule has 2 N–H and O–H groups in total. The molecule has 0 fully saturated rings. The SMILES string of the molecule is C[C@@H](N)c1nc(Cc2ccccn2)no1. The van der Waals surface area contributed by atoms with Crippen LogP contribution < -0.4 is 5.73 Å². The van der Waals surface area contributed by atoms with Crippen molar-refractivity contribution in [2.24, 2.45) is 5.73 Å². The second-order valence-corrected chi connectivity index (χ2v) is 3.34. The van der Waals surface area contributed by atoms with Crippen LogP contribution in [0.25, 0.3) is 0 Å². The van der Waals surface area contributed by atoms with Gasteiger partial charge in [-0.05, 0) is 19.1 Å². The Hall–Kier alpha value is -1.75. The minimum Gasteiger partial charge on any atom is -0.338 e. The van der Waals surface area contributed by atoms with Crippen LogP contribution in [0.5, 0.6) is 0 Å². The van der Waals surface area contributed by atoms with E-state index in [4.69, 9.17) is 10.3 Å². The van der Waals surface area contributed by atoms with Crippen molar-refractivity contribution in [1.29, 1.82) is 0 Å². The molecule has 5 heteroatoms. The van der Waals surface area contributed by atoms with E-state index in [1.807, 2.05) is 18.2 Å². The Morgan fingerprint density at radius 3 is 2.93 bits per heavy atom. The summed E-state index contributed by atoms with van der Waals surface area (Å²) in [6, 6.07) is 5.49. The lowest BCUT2D eigenvalue weighted by Gasteiger charge is -1.94. The van der Waals surface area contributed by atoms with Gasteiger partial charge < -0.3 is 10.3 Å². The number of pyridine rings is 1. The first-order valence-electron chi connectivity index (χ1n) is 4.73. The average Bonchev–Trinajstić information content (AvgIpc) is 2.68. The van der Waals surface area contributed by atoms with E-state index in [0.29, 0.717) is 18.1 Å². The van der Waals surface area contributed by atoms with Crippen LogP contribution in [0.1, 0.15) is 30.4 Å². The minimum atomic E-state index is -0.227. The first-order valence-corrected chi connectivity index (χ1v) is 4.73. The van der Waals surface area contributed by atoms with Crippen molar-refractivity contribution >= 4 is 0 Å². The summed E-state index contributed by atoms with van der Waals surface area (Å²) in [5, 5.41) is 3.83. The molecule has 78 valence electrons. The quantitative estimate of drug-likeness (QED) is 0.809. The highest BCUT2D eigenvalue weighted by molar-refractivity contribution is 5.09. The number of nitrogens with two attached hydrogens (primary N) is 1. The fourth-order valence-corrected chi connectivity index (χ4v) is 1.19. The first-order chi connectivity index (χ1) is 7.25. The van der Waals surface area contributed by atoms with E-state index in [1.54, 1.807) is 13.1 Å². The van der Waals surface area contributed by atoms with Gasteiger partial charge in [0, 0.05) is 11.9 Å². The summed E-state index contributed by atoms with van der Waals surface area (Å²) in [5.41, 5.74) is 6.52. The third-order valence-electron chi connectivity index (χ3n) is 1.94. The molecule has 2 aromatic rings. The summed E-state index contributed by atoms with van der Waals surface area (Å²) >= 11 is 0. The first kappa shape index (κ1) is 9.79. The summed E-state index contributed by atoms with van der Waals surface area (Å²) in [6.07, 6.45) is 2.30. The second kappa shape index (κ2) is 4.18. The smallest absolute Gasteiger partial charge is 0.243 e. The molecular formula is C10H12N4O. The van der Waals surface area contributed by atoms with Crippen LogP contribution in [-0.4, -0.2) is 15.1 Å². The predicted octanol–water partition coefficient (Wildman–Crippen LogP) is 1.08. The Kier molecular flexibility index (Phi) is 2.73. The lowest BCUT2D eigenvalue weighted by Crippen LogP contribution is -2.05. The molecule has 0 aliphatic rings. The Balaban J connectivity index is 2.12.